The molecule has 0 amide bonds. The Morgan fingerprint density at radius 3 is 1.44 bits per heavy atom. The first-order valence-corrected chi connectivity index (χ1v) is 4.27. The quantitative estimate of drug-likeness (QED) is 0.591. The van der Waals surface area contributed by atoms with E-state index in [1.54, 1.807) is 0 Å². The Balaban J connectivity index is 2.87. The molecule has 0 spiro atoms. The van der Waals surface area contributed by atoms with E-state index < -0.39 is 35.7 Å². The van der Waals surface area contributed by atoms with Crippen molar-refractivity contribution in [1.82, 2.24) is 0 Å². The maximum absolute atomic E-state index is 12.4. The van der Waals surface area contributed by atoms with Gasteiger partial charge in [0.15, 0.2) is 0 Å². The van der Waals surface area contributed by atoms with Gasteiger partial charge in [0.1, 0.15) is 11.5 Å². The highest BCUT2D eigenvalue weighted by atomic mass is 19.3. The normalized spacial score (nSPS) is 9.67. The second kappa shape index (κ2) is 5.99. The first kappa shape index (κ1) is 13.9. The van der Waals surface area contributed by atoms with Crippen LogP contribution in [0.4, 0.5) is 26.3 Å². The number of benzene rings is 1. The van der Waals surface area contributed by atoms with Crippen molar-refractivity contribution in [2.24, 2.45) is 0 Å². The van der Waals surface area contributed by atoms with E-state index in [1.165, 1.54) is 0 Å². The van der Waals surface area contributed by atoms with Gasteiger partial charge in [0.2, 0.25) is 0 Å². The third kappa shape index (κ3) is 4.04. The molecule has 0 N–H and O–H groups in total. The molecule has 0 saturated heterocycles. The van der Waals surface area contributed by atoms with Crippen LogP contribution in [0, 0.1) is 0 Å². The van der Waals surface area contributed by atoms with Crippen LogP contribution in [0.5, 0.6) is 11.5 Å². The maximum Gasteiger partial charge on any atom is 0.344 e. The average Bonchev–Trinajstić information content (AvgIpc) is 2.29. The fraction of sp³-hybridized carbons (Fsp3) is 0. The third-order valence-corrected chi connectivity index (χ3v) is 1.52. The van der Waals surface area contributed by atoms with Crippen molar-refractivity contribution in [3.8, 4) is 11.5 Å². The average molecular weight is 270 g/mol. The van der Waals surface area contributed by atoms with Gasteiger partial charge < -0.3 is 9.47 Å². The van der Waals surface area contributed by atoms with Gasteiger partial charge >= 0.3 is 24.2 Å². The van der Waals surface area contributed by atoms with Crippen molar-refractivity contribution in [1.29, 1.82) is 0 Å². The van der Waals surface area contributed by atoms with Gasteiger partial charge in [-0.05, 0) is 12.1 Å². The molecule has 0 radical (unpaired) electrons. The highest BCUT2D eigenvalue weighted by Gasteiger charge is 2.11. The predicted molar refractivity (Wildman–Crippen MR) is 48.4 cm³/mol. The van der Waals surface area contributed by atoms with E-state index in [4.69, 9.17) is 0 Å². The Kier molecular flexibility index (Phi) is 4.64. The van der Waals surface area contributed by atoms with Crippen LogP contribution in [0.3, 0.4) is 0 Å². The number of hydrogen-bond acceptors (Lipinski definition) is 2. The molecule has 0 aliphatic carbocycles. The Morgan fingerprint density at radius 2 is 1.11 bits per heavy atom. The second-order valence-electron chi connectivity index (χ2n) is 2.75. The van der Waals surface area contributed by atoms with E-state index in [0.29, 0.717) is 0 Å². The maximum atomic E-state index is 12.4. The van der Waals surface area contributed by atoms with Crippen LogP contribution in [0.15, 0.2) is 48.5 Å². The minimum absolute atomic E-state index is 0.468. The first-order valence-electron chi connectivity index (χ1n) is 4.27. The van der Waals surface area contributed by atoms with Gasteiger partial charge in [-0.2, -0.15) is 26.3 Å². The lowest BCUT2D eigenvalue weighted by Crippen LogP contribution is -1.93. The number of hydrogen-bond donors (Lipinski definition) is 0. The molecular weight excluding hydrogens is 266 g/mol. The summed E-state index contributed by atoms with van der Waals surface area (Å²) in [7, 11) is 0. The molecule has 2 nitrogen and oxygen atoms in total. The molecule has 0 saturated carbocycles. The predicted octanol–water partition coefficient (Wildman–Crippen LogP) is 4.51. The SMILES string of the molecule is FC(F)=C(F)Oc1cccc(OC(F)=C(F)F)c1. The number of rotatable bonds is 4. The fourth-order valence-electron chi connectivity index (χ4n) is 0.885. The van der Waals surface area contributed by atoms with Gasteiger partial charge in [-0.3, -0.25) is 0 Å². The van der Waals surface area contributed by atoms with Crippen LogP contribution in [0.1, 0.15) is 0 Å². The molecule has 0 heterocycles. The van der Waals surface area contributed by atoms with Crippen molar-refractivity contribution in [2.45, 2.75) is 0 Å². The highest BCUT2D eigenvalue weighted by molar-refractivity contribution is 5.34. The van der Waals surface area contributed by atoms with Crippen LogP contribution < -0.4 is 9.47 Å². The first-order chi connectivity index (χ1) is 8.40. The summed E-state index contributed by atoms with van der Waals surface area (Å²) in [5.74, 6) is -0.935. The minimum atomic E-state index is -2.69. The molecule has 0 atom stereocenters. The molecule has 1 rings (SSSR count). The molecule has 0 unspecified atom stereocenters. The minimum Gasteiger partial charge on any atom is -0.428 e. The summed E-state index contributed by atoms with van der Waals surface area (Å²) in [6.07, 6.45) is -5.38. The molecule has 98 valence electrons. The van der Waals surface area contributed by atoms with Crippen LogP contribution in [-0.2, 0) is 0 Å². The van der Waals surface area contributed by atoms with E-state index >= 15 is 0 Å². The summed E-state index contributed by atoms with van der Waals surface area (Å²) in [5.41, 5.74) is 0. The van der Waals surface area contributed by atoms with Gasteiger partial charge in [0.05, 0.1) is 0 Å². The van der Waals surface area contributed by atoms with Crippen molar-refractivity contribution in [2.75, 3.05) is 0 Å². The number of ether oxygens (including phenoxy) is 2. The largest absolute Gasteiger partial charge is 0.428 e. The van der Waals surface area contributed by atoms with Crippen LogP contribution >= 0.6 is 0 Å². The topological polar surface area (TPSA) is 18.5 Å². The lowest BCUT2D eigenvalue weighted by Gasteiger charge is -2.05. The molecule has 0 aliphatic rings. The summed E-state index contributed by atoms with van der Waals surface area (Å²) in [6.45, 7) is 0. The molecule has 1 aromatic carbocycles. The Hall–Kier alpha value is -2.12. The molecule has 0 fully saturated rings. The van der Waals surface area contributed by atoms with E-state index in [1.807, 2.05) is 0 Å². The zero-order valence-electron chi connectivity index (χ0n) is 8.39. The van der Waals surface area contributed by atoms with Crippen molar-refractivity contribution in [3.63, 3.8) is 0 Å². The fourth-order valence-corrected chi connectivity index (χ4v) is 0.885. The lowest BCUT2D eigenvalue weighted by molar-refractivity contribution is 0.233. The van der Waals surface area contributed by atoms with E-state index in [9.17, 15) is 26.3 Å². The zero-order chi connectivity index (χ0) is 13.7. The molecule has 8 heteroatoms. The van der Waals surface area contributed by atoms with Gasteiger partial charge in [-0.15, -0.1) is 0 Å². The van der Waals surface area contributed by atoms with E-state index in [-0.39, 0.29) is 0 Å². The summed E-state index contributed by atoms with van der Waals surface area (Å²) in [6, 6.07) is -0.353. The lowest BCUT2D eigenvalue weighted by atomic mass is 10.3. The van der Waals surface area contributed by atoms with Gasteiger partial charge in [-0.25, -0.2) is 0 Å². The van der Waals surface area contributed by atoms with Gasteiger partial charge in [0.25, 0.3) is 0 Å². The summed E-state index contributed by atoms with van der Waals surface area (Å²) < 4.78 is 79.7. The molecule has 0 bridgehead atoms. The molecule has 18 heavy (non-hydrogen) atoms. The van der Waals surface area contributed by atoms with E-state index in [2.05, 4.69) is 9.47 Å². The van der Waals surface area contributed by atoms with Gasteiger partial charge in [0, 0.05) is 6.07 Å². The summed E-state index contributed by atoms with van der Waals surface area (Å²) >= 11 is 0. The molecular formula is C10H4F6O2. The zero-order valence-corrected chi connectivity index (χ0v) is 8.39. The molecule has 1 aromatic rings. The summed E-state index contributed by atoms with van der Waals surface area (Å²) in [4.78, 5) is 0. The van der Waals surface area contributed by atoms with Crippen molar-refractivity contribution < 1.29 is 35.8 Å². The molecule has 0 aromatic heterocycles. The Morgan fingerprint density at radius 1 is 0.722 bits per heavy atom. The standard InChI is InChI=1S/C10H4F6O2/c11-7(12)9(15)17-5-2-1-3-6(4-5)18-10(16)8(13)14/h1-4H. The third-order valence-electron chi connectivity index (χ3n) is 1.52. The molecule has 0 aliphatic heterocycles. The van der Waals surface area contributed by atoms with Crippen molar-refractivity contribution in [3.05, 3.63) is 48.5 Å². The second-order valence-corrected chi connectivity index (χ2v) is 2.75. The summed E-state index contributed by atoms with van der Waals surface area (Å²) in [5, 5.41) is 0. The highest BCUT2D eigenvalue weighted by Crippen LogP contribution is 2.25. The van der Waals surface area contributed by atoms with Gasteiger partial charge in [-0.1, -0.05) is 6.07 Å². The monoisotopic (exact) mass is 270 g/mol. The van der Waals surface area contributed by atoms with Crippen LogP contribution in [0.2, 0.25) is 0 Å². The Labute approximate surface area is 96.7 Å². The van der Waals surface area contributed by atoms with Crippen molar-refractivity contribution >= 4 is 0 Å². The smallest absolute Gasteiger partial charge is 0.344 e. The van der Waals surface area contributed by atoms with E-state index in [0.717, 1.165) is 24.3 Å². The Bertz CT molecular complexity index is 448. The van der Waals surface area contributed by atoms with Crippen LogP contribution in [0.25, 0.3) is 0 Å². The number of halogens is 6. The van der Waals surface area contributed by atoms with Crippen LogP contribution in [-0.4, -0.2) is 0 Å².